The molecule has 0 aliphatic carbocycles. The van der Waals surface area contributed by atoms with E-state index in [1.54, 1.807) is 24.3 Å². The SMILES string of the molecule is CC1COC(CO)CN1c1ccc(S(=O)(=O)N(C)C)cc1. The number of sulfonamides is 1. The Hall–Kier alpha value is -1.15. The van der Waals surface area contributed by atoms with Gasteiger partial charge in [0.1, 0.15) is 0 Å². The Bertz CT molecular complexity index is 571. The molecule has 1 aliphatic heterocycles. The summed E-state index contributed by atoms with van der Waals surface area (Å²) >= 11 is 0. The third kappa shape index (κ3) is 3.37. The zero-order chi connectivity index (χ0) is 15.6. The maximum Gasteiger partial charge on any atom is 0.242 e. The third-order valence-corrected chi connectivity index (χ3v) is 5.49. The quantitative estimate of drug-likeness (QED) is 0.877. The number of rotatable bonds is 4. The molecule has 1 aromatic carbocycles. The van der Waals surface area contributed by atoms with Crippen LogP contribution in [0.1, 0.15) is 6.92 Å². The van der Waals surface area contributed by atoms with Gasteiger partial charge in [0.15, 0.2) is 0 Å². The second-order valence-electron chi connectivity index (χ2n) is 5.42. The summed E-state index contributed by atoms with van der Waals surface area (Å²) in [4.78, 5) is 2.40. The van der Waals surface area contributed by atoms with Gasteiger partial charge in [0.2, 0.25) is 10.0 Å². The van der Waals surface area contributed by atoms with Crippen LogP contribution in [0.4, 0.5) is 5.69 Å². The molecule has 6 nitrogen and oxygen atoms in total. The molecular formula is C14H22N2O4S. The fraction of sp³-hybridized carbons (Fsp3) is 0.571. The summed E-state index contributed by atoms with van der Waals surface area (Å²) in [5.41, 5.74) is 0.932. The number of aliphatic hydroxyl groups is 1. The van der Waals surface area contributed by atoms with Gasteiger partial charge in [-0.25, -0.2) is 12.7 Å². The molecule has 1 aliphatic rings. The molecule has 0 radical (unpaired) electrons. The number of ether oxygens (including phenoxy) is 1. The highest BCUT2D eigenvalue weighted by molar-refractivity contribution is 7.89. The highest BCUT2D eigenvalue weighted by Crippen LogP contribution is 2.24. The zero-order valence-electron chi connectivity index (χ0n) is 12.6. The first-order chi connectivity index (χ1) is 9.86. The minimum absolute atomic E-state index is 0.0175. The van der Waals surface area contributed by atoms with Gasteiger partial charge < -0.3 is 14.7 Å². The van der Waals surface area contributed by atoms with Gasteiger partial charge in [0.25, 0.3) is 0 Å². The molecule has 0 saturated carbocycles. The lowest BCUT2D eigenvalue weighted by molar-refractivity contribution is -0.0103. The second kappa shape index (κ2) is 6.31. The topological polar surface area (TPSA) is 70.1 Å². The van der Waals surface area contributed by atoms with Crippen molar-refractivity contribution < 1.29 is 18.3 Å². The van der Waals surface area contributed by atoms with Crippen LogP contribution in [0.2, 0.25) is 0 Å². The largest absolute Gasteiger partial charge is 0.394 e. The van der Waals surface area contributed by atoms with Crippen LogP contribution in [-0.4, -0.2) is 63.8 Å². The Balaban J connectivity index is 2.22. The van der Waals surface area contributed by atoms with E-state index in [4.69, 9.17) is 4.74 Å². The fourth-order valence-electron chi connectivity index (χ4n) is 2.31. The highest BCUT2D eigenvalue weighted by atomic mass is 32.2. The van der Waals surface area contributed by atoms with Crippen LogP contribution < -0.4 is 4.90 Å². The molecule has 2 atom stereocenters. The standard InChI is InChI=1S/C14H22N2O4S/c1-11-10-20-13(9-17)8-16(11)12-4-6-14(7-5-12)21(18,19)15(2)3/h4-7,11,13,17H,8-10H2,1-3H3. The molecule has 1 N–H and O–H groups in total. The van der Waals surface area contributed by atoms with Crippen LogP contribution in [0.25, 0.3) is 0 Å². The Morgan fingerprint density at radius 1 is 1.33 bits per heavy atom. The molecule has 1 heterocycles. The van der Waals surface area contributed by atoms with Gasteiger partial charge in [-0.15, -0.1) is 0 Å². The summed E-state index contributed by atoms with van der Waals surface area (Å²) in [7, 11) is -0.377. The van der Waals surface area contributed by atoms with E-state index in [-0.39, 0.29) is 23.6 Å². The summed E-state index contributed by atoms with van der Waals surface area (Å²) in [5.74, 6) is 0. The van der Waals surface area contributed by atoms with Crippen molar-refractivity contribution in [3.05, 3.63) is 24.3 Å². The summed E-state index contributed by atoms with van der Waals surface area (Å²) < 4.78 is 30.8. The lowest BCUT2D eigenvalue weighted by Gasteiger charge is -2.39. The number of hydrogen-bond donors (Lipinski definition) is 1. The predicted molar refractivity (Wildman–Crippen MR) is 80.9 cm³/mol. The average molecular weight is 314 g/mol. The fourth-order valence-corrected chi connectivity index (χ4v) is 3.21. The Labute approximate surface area is 126 Å². The zero-order valence-corrected chi connectivity index (χ0v) is 13.4. The predicted octanol–water partition coefficient (Wildman–Crippen LogP) is 0.523. The molecule has 118 valence electrons. The number of nitrogens with zero attached hydrogens (tertiary/aromatic N) is 2. The first kappa shape index (κ1) is 16.2. The molecule has 7 heteroatoms. The van der Waals surface area contributed by atoms with E-state index in [1.807, 2.05) is 6.92 Å². The van der Waals surface area contributed by atoms with Crippen molar-refractivity contribution in [2.45, 2.75) is 24.0 Å². The molecule has 2 unspecified atom stereocenters. The molecular weight excluding hydrogens is 292 g/mol. The van der Waals surface area contributed by atoms with Crippen molar-refractivity contribution in [3.8, 4) is 0 Å². The van der Waals surface area contributed by atoms with Gasteiger partial charge in [-0.05, 0) is 31.2 Å². The van der Waals surface area contributed by atoms with Crippen LogP contribution in [0.3, 0.4) is 0 Å². The number of hydrogen-bond acceptors (Lipinski definition) is 5. The van der Waals surface area contributed by atoms with E-state index in [2.05, 4.69) is 4.90 Å². The van der Waals surface area contributed by atoms with Crippen molar-refractivity contribution in [3.63, 3.8) is 0 Å². The van der Waals surface area contributed by atoms with Crippen LogP contribution in [0, 0.1) is 0 Å². The first-order valence-corrected chi connectivity index (χ1v) is 8.32. The molecule has 1 saturated heterocycles. The number of aliphatic hydroxyl groups excluding tert-OH is 1. The van der Waals surface area contributed by atoms with Gasteiger partial charge in [0.05, 0.1) is 24.2 Å². The highest BCUT2D eigenvalue weighted by Gasteiger charge is 2.26. The third-order valence-electron chi connectivity index (χ3n) is 3.66. The minimum atomic E-state index is -3.40. The van der Waals surface area contributed by atoms with Crippen molar-refractivity contribution in [1.82, 2.24) is 4.31 Å². The van der Waals surface area contributed by atoms with Gasteiger partial charge in [-0.1, -0.05) is 0 Å². The summed E-state index contributed by atoms with van der Waals surface area (Å²) in [6.07, 6.45) is -0.202. The lowest BCUT2D eigenvalue weighted by Crippen LogP contribution is -2.49. The molecule has 21 heavy (non-hydrogen) atoms. The van der Waals surface area contributed by atoms with Crippen LogP contribution >= 0.6 is 0 Å². The van der Waals surface area contributed by atoms with Crippen molar-refractivity contribution in [1.29, 1.82) is 0 Å². The summed E-state index contributed by atoms with van der Waals surface area (Å²) in [6.45, 7) is 3.16. The Kier molecular flexibility index (Phi) is 4.88. The van der Waals surface area contributed by atoms with E-state index in [0.29, 0.717) is 13.2 Å². The maximum absolute atomic E-state index is 12.0. The van der Waals surface area contributed by atoms with Gasteiger partial charge in [-0.3, -0.25) is 0 Å². The summed E-state index contributed by atoms with van der Waals surface area (Å²) in [5, 5.41) is 9.22. The van der Waals surface area contributed by atoms with Gasteiger partial charge >= 0.3 is 0 Å². The Morgan fingerprint density at radius 3 is 2.48 bits per heavy atom. The molecule has 0 amide bonds. The monoisotopic (exact) mass is 314 g/mol. The van der Waals surface area contributed by atoms with Crippen LogP contribution in [-0.2, 0) is 14.8 Å². The minimum Gasteiger partial charge on any atom is -0.394 e. The van der Waals surface area contributed by atoms with Crippen LogP contribution in [0.15, 0.2) is 29.2 Å². The van der Waals surface area contributed by atoms with Crippen LogP contribution in [0.5, 0.6) is 0 Å². The normalized spacial score (nSPS) is 23.6. The molecule has 0 bridgehead atoms. The molecule has 2 rings (SSSR count). The van der Waals surface area contributed by atoms with Gasteiger partial charge in [-0.2, -0.15) is 0 Å². The van der Waals surface area contributed by atoms with E-state index < -0.39 is 10.0 Å². The van der Waals surface area contributed by atoms with Crippen molar-refractivity contribution in [2.24, 2.45) is 0 Å². The second-order valence-corrected chi connectivity index (χ2v) is 7.57. The molecule has 1 aromatic rings. The molecule has 1 fully saturated rings. The average Bonchev–Trinajstić information content (AvgIpc) is 2.48. The van der Waals surface area contributed by atoms with E-state index in [1.165, 1.54) is 18.4 Å². The number of anilines is 1. The lowest BCUT2D eigenvalue weighted by atomic mass is 10.1. The smallest absolute Gasteiger partial charge is 0.242 e. The van der Waals surface area contributed by atoms with E-state index in [9.17, 15) is 13.5 Å². The van der Waals surface area contributed by atoms with Crippen molar-refractivity contribution in [2.75, 3.05) is 38.8 Å². The molecule has 0 spiro atoms. The van der Waals surface area contributed by atoms with E-state index >= 15 is 0 Å². The number of benzene rings is 1. The maximum atomic E-state index is 12.0. The molecule has 0 aromatic heterocycles. The first-order valence-electron chi connectivity index (χ1n) is 6.88. The summed E-state index contributed by atoms with van der Waals surface area (Å²) in [6, 6.07) is 7.00. The van der Waals surface area contributed by atoms with E-state index in [0.717, 1.165) is 5.69 Å². The Morgan fingerprint density at radius 2 is 1.95 bits per heavy atom. The van der Waals surface area contributed by atoms with Crippen molar-refractivity contribution >= 4 is 15.7 Å². The number of morpholine rings is 1. The van der Waals surface area contributed by atoms with Gasteiger partial charge in [0, 0.05) is 32.4 Å².